The quantitative estimate of drug-likeness (QED) is 0.718. The van der Waals surface area contributed by atoms with Crippen molar-refractivity contribution < 1.29 is 9.59 Å². The monoisotopic (exact) mass is 295 g/mol. The molecule has 1 aromatic rings. The number of nitrogens with one attached hydrogen (secondary N) is 1. The van der Waals surface area contributed by atoms with Crippen molar-refractivity contribution >= 4 is 29.3 Å². The lowest BCUT2D eigenvalue weighted by molar-refractivity contribution is -0.119. The van der Waals surface area contributed by atoms with Crippen LogP contribution in [0, 0.1) is 5.41 Å². The zero-order chi connectivity index (χ0) is 15.3. The van der Waals surface area contributed by atoms with Crippen LogP contribution in [-0.2, 0) is 9.59 Å². The molecule has 6 heteroatoms. The van der Waals surface area contributed by atoms with Crippen LogP contribution in [0.25, 0.3) is 0 Å². The van der Waals surface area contributed by atoms with E-state index < -0.39 is 11.9 Å². The first kappa shape index (κ1) is 16.5. The maximum Gasteiger partial charge on any atom is 0.241 e. The minimum atomic E-state index is -0.614. The molecular formula is C14H21N3O2S. The van der Waals surface area contributed by atoms with Crippen molar-refractivity contribution in [3.05, 3.63) is 24.3 Å². The van der Waals surface area contributed by atoms with E-state index in [1.54, 1.807) is 6.07 Å². The van der Waals surface area contributed by atoms with Crippen LogP contribution in [0.3, 0.4) is 0 Å². The van der Waals surface area contributed by atoms with Crippen LogP contribution in [0.1, 0.15) is 20.8 Å². The Morgan fingerprint density at radius 3 is 2.45 bits per heavy atom. The molecule has 0 aromatic heterocycles. The van der Waals surface area contributed by atoms with Crippen molar-refractivity contribution in [3.8, 4) is 0 Å². The van der Waals surface area contributed by atoms with Crippen LogP contribution < -0.4 is 16.8 Å². The molecule has 5 nitrogen and oxygen atoms in total. The number of carbonyl (C=O) groups is 2. The molecule has 5 N–H and O–H groups in total. The zero-order valence-corrected chi connectivity index (χ0v) is 12.8. The molecule has 20 heavy (non-hydrogen) atoms. The summed E-state index contributed by atoms with van der Waals surface area (Å²) >= 11 is 1.29. The first-order valence-corrected chi connectivity index (χ1v) is 7.27. The van der Waals surface area contributed by atoms with Crippen LogP contribution in [0.5, 0.6) is 0 Å². The van der Waals surface area contributed by atoms with Crippen molar-refractivity contribution in [2.45, 2.75) is 31.7 Å². The molecule has 0 aliphatic rings. The van der Waals surface area contributed by atoms with Crippen molar-refractivity contribution in [2.24, 2.45) is 16.9 Å². The second-order valence-corrected chi connectivity index (χ2v) is 6.60. The standard InChI is InChI=1S/C14H21N3O2S/c1-14(2,3)12(16)13(19)17-9-6-4-5-7-10(9)20-8-11(15)18/h4-7,12H,8,16H2,1-3H3,(H2,15,18)(H,17,19)/t12-/m0/s1. The molecule has 0 radical (unpaired) electrons. The number of benzene rings is 1. The summed E-state index contributed by atoms with van der Waals surface area (Å²) in [5.74, 6) is -0.481. The Morgan fingerprint density at radius 1 is 1.30 bits per heavy atom. The van der Waals surface area contributed by atoms with Crippen LogP contribution >= 0.6 is 11.8 Å². The van der Waals surface area contributed by atoms with E-state index in [1.807, 2.05) is 39.0 Å². The lowest BCUT2D eigenvalue weighted by Gasteiger charge is -2.26. The molecule has 0 aliphatic carbocycles. The number of hydrogen-bond acceptors (Lipinski definition) is 4. The van der Waals surface area contributed by atoms with E-state index in [4.69, 9.17) is 11.5 Å². The number of thioether (sulfide) groups is 1. The highest BCUT2D eigenvalue weighted by Crippen LogP contribution is 2.27. The summed E-state index contributed by atoms with van der Waals surface area (Å²) in [6.45, 7) is 5.72. The summed E-state index contributed by atoms with van der Waals surface area (Å²) < 4.78 is 0. The minimum absolute atomic E-state index is 0.165. The van der Waals surface area contributed by atoms with Gasteiger partial charge in [0.15, 0.2) is 0 Å². The summed E-state index contributed by atoms with van der Waals surface area (Å²) in [6.07, 6.45) is 0. The fourth-order valence-corrected chi connectivity index (χ4v) is 2.20. The summed E-state index contributed by atoms with van der Waals surface area (Å²) in [4.78, 5) is 23.7. The number of anilines is 1. The van der Waals surface area contributed by atoms with Gasteiger partial charge in [0.25, 0.3) is 0 Å². The summed E-state index contributed by atoms with van der Waals surface area (Å²) in [6, 6.07) is 6.63. The van der Waals surface area contributed by atoms with Crippen LogP contribution in [0.4, 0.5) is 5.69 Å². The maximum absolute atomic E-state index is 12.1. The Labute approximate surface area is 123 Å². The lowest BCUT2D eigenvalue weighted by atomic mass is 9.87. The fourth-order valence-electron chi connectivity index (χ4n) is 1.45. The molecule has 0 spiro atoms. The van der Waals surface area contributed by atoms with Gasteiger partial charge in [-0.25, -0.2) is 0 Å². The Morgan fingerprint density at radius 2 is 1.90 bits per heavy atom. The van der Waals surface area contributed by atoms with Crippen molar-refractivity contribution in [3.63, 3.8) is 0 Å². The number of primary amides is 1. The number of carbonyl (C=O) groups excluding carboxylic acids is 2. The number of amides is 2. The summed E-state index contributed by atoms with van der Waals surface area (Å²) in [7, 11) is 0. The third-order valence-electron chi connectivity index (χ3n) is 2.73. The lowest BCUT2D eigenvalue weighted by Crippen LogP contribution is -2.45. The highest BCUT2D eigenvalue weighted by molar-refractivity contribution is 8.00. The molecule has 0 aliphatic heterocycles. The molecule has 1 aromatic carbocycles. The van der Waals surface area contributed by atoms with Crippen molar-refractivity contribution in [1.29, 1.82) is 0 Å². The smallest absolute Gasteiger partial charge is 0.241 e. The van der Waals surface area contributed by atoms with Gasteiger partial charge in [0.05, 0.1) is 17.5 Å². The van der Waals surface area contributed by atoms with E-state index in [-0.39, 0.29) is 17.1 Å². The van der Waals surface area contributed by atoms with Gasteiger partial charge in [0.2, 0.25) is 11.8 Å². The van der Waals surface area contributed by atoms with Gasteiger partial charge in [-0.1, -0.05) is 32.9 Å². The maximum atomic E-state index is 12.1. The highest BCUT2D eigenvalue weighted by Gasteiger charge is 2.27. The Balaban J connectivity index is 2.82. The SMILES string of the molecule is CC(C)(C)[C@@H](N)C(=O)Nc1ccccc1SCC(N)=O. The first-order valence-electron chi connectivity index (χ1n) is 6.28. The number of hydrogen-bond donors (Lipinski definition) is 3. The van der Waals surface area contributed by atoms with E-state index in [2.05, 4.69) is 5.32 Å². The zero-order valence-electron chi connectivity index (χ0n) is 12.0. The topological polar surface area (TPSA) is 98.2 Å². The van der Waals surface area contributed by atoms with Gasteiger partial charge in [0, 0.05) is 4.90 Å². The van der Waals surface area contributed by atoms with Gasteiger partial charge >= 0.3 is 0 Å². The molecule has 1 atom stereocenters. The summed E-state index contributed by atoms with van der Waals surface area (Å²) in [5, 5.41) is 2.80. The van der Waals surface area contributed by atoms with Gasteiger partial charge < -0.3 is 16.8 Å². The van der Waals surface area contributed by atoms with E-state index in [9.17, 15) is 9.59 Å². The molecule has 0 saturated carbocycles. The van der Waals surface area contributed by atoms with Gasteiger partial charge in [-0.2, -0.15) is 0 Å². The van der Waals surface area contributed by atoms with Crippen molar-refractivity contribution in [1.82, 2.24) is 0 Å². The second kappa shape index (κ2) is 6.76. The molecule has 2 amide bonds. The Kier molecular flexibility index (Phi) is 5.59. The first-order chi connectivity index (χ1) is 9.21. The molecule has 0 bridgehead atoms. The third kappa shape index (κ3) is 4.86. The Bertz CT molecular complexity index is 497. The fraction of sp³-hybridized carbons (Fsp3) is 0.429. The normalized spacial score (nSPS) is 12.8. The van der Waals surface area contributed by atoms with Crippen LogP contribution in [0.15, 0.2) is 29.2 Å². The molecule has 1 rings (SSSR count). The van der Waals surface area contributed by atoms with E-state index >= 15 is 0 Å². The second-order valence-electron chi connectivity index (χ2n) is 5.58. The van der Waals surface area contributed by atoms with Gasteiger partial charge in [0.1, 0.15) is 0 Å². The predicted octanol–water partition coefficient (Wildman–Crippen LogP) is 1.58. The predicted molar refractivity (Wildman–Crippen MR) is 82.4 cm³/mol. The van der Waals surface area contributed by atoms with Gasteiger partial charge in [-0.15, -0.1) is 11.8 Å². The average molecular weight is 295 g/mol. The number of para-hydroxylation sites is 1. The molecular weight excluding hydrogens is 274 g/mol. The highest BCUT2D eigenvalue weighted by atomic mass is 32.2. The third-order valence-corrected chi connectivity index (χ3v) is 3.83. The molecule has 0 fully saturated rings. The van der Waals surface area contributed by atoms with Crippen LogP contribution in [0.2, 0.25) is 0 Å². The summed E-state index contributed by atoms with van der Waals surface area (Å²) in [5.41, 5.74) is 11.4. The minimum Gasteiger partial charge on any atom is -0.369 e. The van der Waals surface area contributed by atoms with E-state index in [1.165, 1.54) is 11.8 Å². The van der Waals surface area contributed by atoms with E-state index in [0.29, 0.717) is 5.69 Å². The Hall–Kier alpha value is -1.53. The van der Waals surface area contributed by atoms with Gasteiger partial charge in [-0.05, 0) is 17.5 Å². The largest absolute Gasteiger partial charge is 0.369 e. The molecule has 0 unspecified atom stereocenters. The number of nitrogens with two attached hydrogens (primary N) is 2. The van der Waals surface area contributed by atoms with Crippen molar-refractivity contribution in [2.75, 3.05) is 11.1 Å². The average Bonchev–Trinajstić information content (AvgIpc) is 2.35. The molecule has 110 valence electrons. The number of rotatable bonds is 5. The van der Waals surface area contributed by atoms with Gasteiger partial charge in [-0.3, -0.25) is 9.59 Å². The van der Waals surface area contributed by atoms with E-state index in [0.717, 1.165) is 4.90 Å². The van der Waals surface area contributed by atoms with Crippen LogP contribution in [-0.4, -0.2) is 23.6 Å². The molecule has 0 saturated heterocycles. The molecule has 0 heterocycles.